The van der Waals surface area contributed by atoms with Crippen molar-refractivity contribution < 1.29 is 4.79 Å². The molecule has 0 bridgehead atoms. The van der Waals surface area contributed by atoms with E-state index in [2.05, 4.69) is 4.90 Å². The molecule has 0 spiro atoms. The molecular weight excluding hydrogens is 224 g/mol. The highest BCUT2D eigenvalue weighted by molar-refractivity contribution is 5.94. The van der Waals surface area contributed by atoms with E-state index in [0.29, 0.717) is 0 Å². The monoisotopic (exact) mass is 244 g/mol. The van der Waals surface area contributed by atoms with Gasteiger partial charge in [0.15, 0.2) is 0 Å². The number of benzene rings is 1. The van der Waals surface area contributed by atoms with Crippen LogP contribution in [0.1, 0.15) is 29.6 Å². The third-order valence-electron chi connectivity index (χ3n) is 3.90. The van der Waals surface area contributed by atoms with Crippen LogP contribution in [0.2, 0.25) is 0 Å². The average Bonchev–Trinajstić information content (AvgIpc) is 3.24. The van der Waals surface area contributed by atoms with Crippen molar-refractivity contribution >= 4 is 5.91 Å². The molecule has 1 aliphatic carbocycles. The van der Waals surface area contributed by atoms with Crippen LogP contribution in [0.5, 0.6) is 0 Å². The Bertz CT molecular complexity index is 414. The van der Waals surface area contributed by atoms with Gasteiger partial charge in [0.05, 0.1) is 0 Å². The Hall–Kier alpha value is -1.35. The molecule has 0 radical (unpaired) electrons. The van der Waals surface area contributed by atoms with Gasteiger partial charge in [-0.2, -0.15) is 0 Å². The van der Waals surface area contributed by atoms with E-state index in [4.69, 9.17) is 0 Å². The first-order chi connectivity index (χ1) is 8.84. The number of amides is 1. The van der Waals surface area contributed by atoms with Crippen molar-refractivity contribution in [1.82, 2.24) is 9.80 Å². The summed E-state index contributed by atoms with van der Waals surface area (Å²) in [4.78, 5) is 16.9. The van der Waals surface area contributed by atoms with E-state index in [-0.39, 0.29) is 5.91 Å². The normalized spacial score (nSPS) is 21.7. The van der Waals surface area contributed by atoms with Crippen LogP contribution in [0.4, 0.5) is 0 Å². The summed E-state index contributed by atoms with van der Waals surface area (Å²) in [7, 11) is 0. The molecule has 1 saturated carbocycles. The van der Waals surface area contributed by atoms with Crippen molar-refractivity contribution in [1.29, 1.82) is 0 Å². The lowest BCUT2D eigenvalue weighted by atomic mass is 10.2. The summed E-state index contributed by atoms with van der Waals surface area (Å²) >= 11 is 0. The van der Waals surface area contributed by atoms with Gasteiger partial charge >= 0.3 is 0 Å². The van der Waals surface area contributed by atoms with Crippen LogP contribution in [0.15, 0.2) is 30.3 Å². The first-order valence-electron chi connectivity index (χ1n) is 6.93. The molecule has 1 aromatic carbocycles. The zero-order chi connectivity index (χ0) is 12.4. The van der Waals surface area contributed by atoms with Crippen molar-refractivity contribution in [3.05, 3.63) is 35.9 Å². The van der Waals surface area contributed by atoms with E-state index in [1.165, 1.54) is 12.8 Å². The maximum atomic E-state index is 12.4. The minimum absolute atomic E-state index is 0.188. The summed E-state index contributed by atoms with van der Waals surface area (Å²) in [6, 6.07) is 10.5. The molecule has 0 unspecified atom stereocenters. The minimum atomic E-state index is 0.188. The molecule has 3 heteroatoms. The molecule has 0 atom stereocenters. The third kappa shape index (κ3) is 2.56. The van der Waals surface area contributed by atoms with Crippen molar-refractivity contribution in [2.75, 3.05) is 26.2 Å². The van der Waals surface area contributed by atoms with Gasteiger partial charge in [-0.3, -0.25) is 9.69 Å². The fourth-order valence-corrected chi connectivity index (χ4v) is 2.71. The van der Waals surface area contributed by atoms with Gasteiger partial charge in [0.2, 0.25) is 0 Å². The lowest BCUT2D eigenvalue weighted by Gasteiger charge is -2.21. The molecule has 1 aromatic rings. The van der Waals surface area contributed by atoms with E-state index in [0.717, 1.165) is 44.2 Å². The Balaban J connectivity index is 1.64. The topological polar surface area (TPSA) is 23.6 Å². The van der Waals surface area contributed by atoms with E-state index >= 15 is 0 Å². The molecule has 1 aliphatic heterocycles. The van der Waals surface area contributed by atoms with Gasteiger partial charge < -0.3 is 4.90 Å². The number of hydrogen-bond acceptors (Lipinski definition) is 2. The highest BCUT2D eigenvalue weighted by atomic mass is 16.2. The van der Waals surface area contributed by atoms with E-state index in [9.17, 15) is 4.79 Å². The van der Waals surface area contributed by atoms with Gasteiger partial charge in [-0.25, -0.2) is 0 Å². The molecule has 2 aliphatic rings. The number of rotatable bonds is 2. The molecule has 2 fully saturated rings. The first kappa shape index (κ1) is 11.7. The summed E-state index contributed by atoms with van der Waals surface area (Å²) in [5, 5.41) is 0. The van der Waals surface area contributed by atoms with Gasteiger partial charge in [0.1, 0.15) is 0 Å². The van der Waals surface area contributed by atoms with Crippen molar-refractivity contribution in [3.8, 4) is 0 Å². The zero-order valence-corrected chi connectivity index (χ0v) is 10.7. The Morgan fingerprint density at radius 2 is 1.78 bits per heavy atom. The molecule has 3 nitrogen and oxygen atoms in total. The summed E-state index contributed by atoms with van der Waals surface area (Å²) in [6.45, 7) is 3.98. The van der Waals surface area contributed by atoms with Gasteiger partial charge in [-0.15, -0.1) is 0 Å². The molecule has 96 valence electrons. The lowest BCUT2D eigenvalue weighted by Crippen LogP contribution is -2.35. The van der Waals surface area contributed by atoms with Crippen LogP contribution in [-0.4, -0.2) is 47.9 Å². The quantitative estimate of drug-likeness (QED) is 0.794. The highest BCUT2D eigenvalue weighted by Gasteiger charge is 2.30. The minimum Gasteiger partial charge on any atom is -0.337 e. The van der Waals surface area contributed by atoms with E-state index < -0.39 is 0 Å². The summed E-state index contributed by atoms with van der Waals surface area (Å²) in [5.41, 5.74) is 0.817. The lowest BCUT2D eigenvalue weighted by molar-refractivity contribution is 0.0761. The van der Waals surface area contributed by atoms with Crippen molar-refractivity contribution in [2.24, 2.45) is 0 Å². The summed E-state index contributed by atoms with van der Waals surface area (Å²) < 4.78 is 0. The second-order valence-corrected chi connectivity index (χ2v) is 5.28. The van der Waals surface area contributed by atoms with Crippen molar-refractivity contribution in [3.63, 3.8) is 0 Å². The third-order valence-corrected chi connectivity index (χ3v) is 3.90. The Morgan fingerprint density at radius 3 is 2.50 bits per heavy atom. The predicted molar refractivity (Wildman–Crippen MR) is 71.6 cm³/mol. The van der Waals surface area contributed by atoms with E-state index in [1.54, 1.807) is 0 Å². The molecule has 0 N–H and O–H groups in total. The molecule has 1 amide bonds. The second kappa shape index (κ2) is 5.11. The van der Waals surface area contributed by atoms with Gasteiger partial charge in [-0.1, -0.05) is 18.2 Å². The molecule has 1 heterocycles. The molecule has 18 heavy (non-hydrogen) atoms. The van der Waals surface area contributed by atoms with Crippen LogP contribution in [0.3, 0.4) is 0 Å². The largest absolute Gasteiger partial charge is 0.337 e. The number of nitrogens with zero attached hydrogens (tertiary/aromatic N) is 2. The standard InChI is InChI=1S/C15H20N2O/c18-15(13-5-2-1-3-6-13)17-10-4-9-16(11-12-17)14-7-8-14/h1-3,5-6,14H,4,7-12H2. The van der Waals surface area contributed by atoms with Gasteiger partial charge in [-0.05, 0) is 31.4 Å². The predicted octanol–water partition coefficient (Wildman–Crippen LogP) is 2.00. The fourth-order valence-electron chi connectivity index (χ4n) is 2.71. The fraction of sp³-hybridized carbons (Fsp3) is 0.533. The summed E-state index contributed by atoms with van der Waals surface area (Å²) in [5.74, 6) is 0.188. The van der Waals surface area contributed by atoms with Crippen LogP contribution >= 0.6 is 0 Å². The highest BCUT2D eigenvalue weighted by Crippen LogP contribution is 2.27. The Morgan fingerprint density at radius 1 is 1.00 bits per heavy atom. The van der Waals surface area contributed by atoms with Crippen LogP contribution in [-0.2, 0) is 0 Å². The molecular formula is C15H20N2O. The van der Waals surface area contributed by atoms with Crippen molar-refractivity contribution in [2.45, 2.75) is 25.3 Å². The Kier molecular flexibility index (Phi) is 3.33. The van der Waals surface area contributed by atoms with Crippen LogP contribution in [0.25, 0.3) is 0 Å². The molecule has 3 rings (SSSR count). The van der Waals surface area contributed by atoms with Gasteiger partial charge in [0, 0.05) is 37.8 Å². The van der Waals surface area contributed by atoms with E-state index in [1.807, 2.05) is 35.2 Å². The maximum absolute atomic E-state index is 12.4. The molecule has 1 saturated heterocycles. The molecule has 0 aromatic heterocycles. The number of carbonyl (C=O) groups is 1. The Labute approximate surface area is 108 Å². The average molecular weight is 244 g/mol. The summed E-state index contributed by atoms with van der Waals surface area (Å²) in [6.07, 6.45) is 3.81. The maximum Gasteiger partial charge on any atom is 0.253 e. The second-order valence-electron chi connectivity index (χ2n) is 5.28. The van der Waals surface area contributed by atoms with Gasteiger partial charge in [0.25, 0.3) is 5.91 Å². The van der Waals surface area contributed by atoms with Crippen LogP contribution in [0, 0.1) is 0 Å². The smallest absolute Gasteiger partial charge is 0.253 e. The first-order valence-corrected chi connectivity index (χ1v) is 6.93. The van der Waals surface area contributed by atoms with Crippen LogP contribution < -0.4 is 0 Å². The SMILES string of the molecule is O=C(c1ccccc1)N1CCCN(C2CC2)CC1. The zero-order valence-electron chi connectivity index (χ0n) is 10.7. The number of hydrogen-bond donors (Lipinski definition) is 0. The number of carbonyl (C=O) groups excluding carboxylic acids is 1.